The number of amides is 2. The molecular formula is C23H31N3O5S. The number of carbonyl (C=O) groups is 2. The minimum atomic E-state index is -0.644. The molecule has 0 spiro atoms. The minimum Gasteiger partial charge on any atom is -0.492 e. The molecule has 1 atom stereocenters. The first-order chi connectivity index (χ1) is 15.7. The number of rotatable bonds is 12. The monoisotopic (exact) mass is 461 g/mol. The van der Waals surface area contributed by atoms with Crippen molar-refractivity contribution in [2.45, 2.75) is 19.0 Å². The number of nitrogens with one attached hydrogen (secondary N) is 2. The van der Waals surface area contributed by atoms with E-state index in [1.165, 1.54) is 6.26 Å². The van der Waals surface area contributed by atoms with Crippen molar-refractivity contribution in [3.05, 3.63) is 54.0 Å². The van der Waals surface area contributed by atoms with Gasteiger partial charge in [-0.25, -0.2) is 0 Å². The summed E-state index contributed by atoms with van der Waals surface area (Å²) < 4.78 is 16.5. The van der Waals surface area contributed by atoms with Crippen molar-refractivity contribution >= 4 is 23.6 Å². The van der Waals surface area contributed by atoms with E-state index in [2.05, 4.69) is 15.5 Å². The van der Waals surface area contributed by atoms with Crippen LogP contribution >= 0.6 is 11.8 Å². The van der Waals surface area contributed by atoms with Crippen molar-refractivity contribution in [1.82, 2.24) is 15.5 Å². The van der Waals surface area contributed by atoms with Crippen molar-refractivity contribution in [1.29, 1.82) is 0 Å². The SMILES string of the molecule is CSCC[C@H](NC(=O)c1ccco1)C(=O)NCc1ccccc1OCCN1CCOCC1. The molecule has 1 fully saturated rings. The first-order valence-corrected chi connectivity index (χ1v) is 12.2. The highest BCUT2D eigenvalue weighted by molar-refractivity contribution is 7.98. The predicted molar refractivity (Wildman–Crippen MR) is 124 cm³/mol. The quantitative estimate of drug-likeness (QED) is 0.500. The summed E-state index contributed by atoms with van der Waals surface area (Å²) >= 11 is 1.62. The van der Waals surface area contributed by atoms with Gasteiger partial charge in [-0.15, -0.1) is 0 Å². The van der Waals surface area contributed by atoms with Gasteiger partial charge >= 0.3 is 0 Å². The molecule has 2 heterocycles. The molecule has 1 saturated heterocycles. The molecule has 0 unspecified atom stereocenters. The van der Waals surface area contributed by atoms with Crippen molar-refractivity contribution in [3.8, 4) is 5.75 Å². The third kappa shape index (κ3) is 7.58. The summed E-state index contributed by atoms with van der Waals surface area (Å²) in [7, 11) is 0. The van der Waals surface area contributed by atoms with Crippen molar-refractivity contribution in [3.63, 3.8) is 0 Å². The zero-order valence-electron chi connectivity index (χ0n) is 18.4. The van der Waals surface area contributed by atoms with Gasteiger partial charge in [0.1, 0.15) is 18.4 Å². The highest BCUT2D eigenvalue weighted by Crippen LogP contribution is 2.18. The molecule has 9 heteroatoms. The van der Waals surface area contributed by atoms with Gasteiger partial charge in [0.05, 0.1) is 19.5 Å². The van der Waals surface area contributed by atoms with Gasteiger partial charge in [-0.05, 0) is 36.6 Å². The van der Waals surface area contributed by atoms with Crippen LogP contribution in [0.2, 0.25) is 0 Å². The Balaban J connectivity index is 1.52. The van der Waals surface area contributed by atoms with Crippen molar-refractivity contribution in [2.75, 3.05) is 51.5 Å². The van der Waals surface area contributed by atoms with Crippen molar-refractivity contribution < 1.29 is 23.5 Å². The highest BCUT2D eigenvalue weighted by atomic mass is 32.2. The lowest BCUT2D eigenvalue weighted by Gasteiger charge is -2.26. The molecule has 1 aliphatic rings. The molecule has 0 bridgehead atoms. The Labute approximate surface area is 193 Å². The minimum absolute atomic E-state index is 0.186. The molecule has 1 aliphatic heterocycles. The first-order valence-electron chi connectivity index (χ1n) is 10.8. The van der Waals surface area contributed by atoms with E-state index >= 15 is 0 Å². The molecule has 0 aliphatic carbocycles. The van der Waals surface area contributed by atoms with Crippen molar-refractivity contribution in [2.24, 2.45) is 0 Å². The van der Waals surface area contributed by atoms with E-state index in [4.69, 9.17) is 13.9 Å². The van der Waals surface area contributed by atoms with E-state index in [1.54, 1.807) is 23.9 Å². The predicted octanol–water partition coefficient (Wildman–Crippen LogP) is 2.16. The maximum absolute atomic E-state index is 12.8. The maximum atomic E-state index is 12.8. The van der Waals surface area contributed by atoms with Gasteiger partial charge in [0.2, 0.25) is 5.91 Å². The third-order valence-corrected chi connectivity index (χ3v) is 5.82. The lowest BCUT2D eigenvalue weighted by atomic mass is 10.1. The van der Waals surface area contributed by atoms with Gasteiger partial charge in [-0.3, -0.25) is 14.5 Å². The topological polar surface area (TPSA) is 93.0 Å². The molecule has 2 amide bonds. The second kappa shape index (κ2) is 13.1. The Morgan fingerprint density at radius 2 is 2.00 bits per heavy atom. The number of carbonyl (C=O) groups excluding carboxylic acids is 2. The number of hydrogen-bond acceptors (Lipinski definition) is 7. The fourth-order valence-electron chi connectivity index (χ4n) is 3.35. The average molecular weight is 462 g/mol. The van der Waals surface area contributed by atoms with Crippen LogP contribution in [0.4, 0.5) is 0 Å². The second-order valence-electron chi connectivity index (χ2n) is 7.41. The summed E-state index contributed by atoms with van der Waals surface area (Å²) in [6.07, 6.45) is 3.92. The molecule has 174 valence electrons. The van der Waals surface area contributed by atoms with Gasteiger partial charge in [-0.1, -0.05) is 18.2 Å². The third-order valence-electron chi connectivity index (χ3n) is 5.17. The Morgan fingerprint density at radius 3 is 2.75 bits per heavy atom. The van der Waals surface area contributed by atoms with E-state index in [1.807, 2.05) is 30.5 Å². The van der Waals surface area contributed by atoms with E-state index in [9.17, 15) is 9.59 Å². The van der Waals surface area contributed by atoms with Crippen LogP contribution in [0, 0.1) is 0 Å². The molecule has 32 heavy (non-hydrogen) atoms. The number of morpholine rings is 1. The lowest BCUT2D eigenvalue weighted by molar-refractivity contribution is -0.123. The van der Waals surface area contributed by atoms with Gasteiger partial charge in [0.15, 0.2) is 5.76 Å². The first kappa shape index (κ1) is 24.2. The average Bonchev–Trinajstić information content (AvgIpc) is 3.37. The number of thioether (sulfide) groups is 1. The molecule has 1 aromatic carbocycles. The fourth-order valence-corrected chi connectivity index (χ4v) is 3.82. The molecule has 2 N–H and O–H groups in total. The van der Waals surface area contributed by atoms with Gasteiger partial charge in [0, 0.05) is 31.7 Å². The second-order valence-corrected chi connectivity index (χ2v) is 8.40. The van der Waals surface area contributed by atoms with Crippen LogP contribution in [0.15, 0.2) is 47.1 Å². The number of para-hydroxylation sites is 1. The fraction of sp³-hybridized carbons (Fsp3) is 0.478. The Morgan fingerprint density at radius 1 is 1.19 bits per heavy atom. The number of benzene rings is 1. The number of furan rings is 1. The molecule has 8 nitrogen and oxygen atoms in total. The molecule has 0 radical (unpaired) electrons. The van der Waals surface area contributed by atoms with E-state index in [0.29, 0.717) is 19.6 Å². The van der Waals surface area contributed by atoms with Crippen LogP contribution in [0.25, 0.3) is 0 Å². The van der Waals surface area contributed by atoms with Crippen LogP contribution in [-0.2, 0) is 16.1 Å². The summed E-state index contributed by atoms with van der Waals surface area (Å²) in [5, 5.41) is 5.71. The molecular weight excluding hydrogens is 430 g/mol. The van der Waals surface area contributed by atoms with E-state index in [-0.39, 0.29) is 11.7 Å². The zero-order valence-corrected chi connectivity index (χ0v) is 19.2. The van der Waals surface area contributed by atoms with Crippen LogP contribution in [0.5, 0.6) is 5.75 Å². The largest absolute Gasteiger partial charge is 0.492 e. The Bertz CT molecular complexity index is 840. The number of hydrogen-bond donors (Lipinski definition) is 2. The maximum Gasteiger partial charge on any atom is 0.287 e. The molecule has 0 saturated carbocycles. The van der Waals surface area contributed by atoms with Gasteiger partial charge in [0.25, 0.3) is 5.91 Å². The summed E-state index contributed by atoms with van der Waals surface area (Å²) in [6, 6.07) is 10.2. The van der Waals surface area contributed by atoms with Crippen LogP contribution in [0.3, 0.4) is 0 Å². The van der Waals surface area contributed by atoms with Crippen LogP contribution in [-0.4, -0.2) is 74.2 Å². The Kier molecular flexibility index (Phi) is 9.93. The molecule has 2 aromatic rings. The summed E-state index contributed by atoms with van der Waals surface area (Å²) in [5.41, 5.74) is 0.892. The van der Waals surface area contributed by atoms with E-state index in [0.717, 1.165) is 49.9 Å². The normalized spacial score (nSPS) is 15.2. The lowest BCUT2D eigenvalue weighted by Crippen LogP contribution is -2.46. The number of ether oxygens (including phenoxy) is 2. The zero-order chi connectivity index (χ0) is 22.6. The summed E-state index contributed by atoms with van der Waals surface area (Å²) in [4.78, 5) is 27.5. The summed E-state index contributed by atoms with van der Waals surface area (Å²) in [6.45, 7) is 5.08. The smallest absolute Gasteiger partial charge is 0.287 e. The highest BCUT2D eigenvalue weighted by Gasteiger charge is 2.22. The van der Waals surface area contributed by atoms with E-state index < -0.39 is 11.9 Å². The van der Waals surface area contributed by atoms with Gasteiger partial charge < -0.3 is 24.5 Å². The number of nitrogens with zero attached hydrogens (tertiary/aromatic N) is 1. The molecule has 3 rings (SSSR count). The molecule has 1 aromatic heterocycles. The van der Waals surface area contributed by atoms with Crippen LogP contribution in [0.1, 0.15) is 22.5 Å². The van der Waals surface area contributed by atoms with Gasteiger partial charge in [-0.2, -0.15) is 11.8 Å². The summed E-state index contributed by atoms with van der Waals surface area (Å²) in [5.74, 6) is 1.05. The Hall–Kier alpha value is -2.49. The van der Waals surface area contributed by atoms with Crippen LogP contribution < -0.4 is 15.4 Å². The standard InChI is InChI=1S/C23H31N3O5S/c1-32-16-8-19(25-23(28)21-7-4-12-30-21)22(27)24-17-18-5-2-3-6-20(18)31-15-11-26-9-13-29-14-10-26/h2-7,12,19H,8-11,13-17H2,1H3,(H,24,27)(H,25,28)/t19-/m0/s1.